The van der Waals surface area contributed by atoms with Gasteiger partial charge in [0.15, 0.2) is 0 Å². The van der Waals surface area contributed by atoms with Crippen molar-refractivity contribution < 1.29 is 4.42 Å². The molecule has 0 amide bonds. The normalized spacial score (nSPS) is 12.5. The highest BCUT2D eigenvalue weighted by Gasteiger charge is 2.37. The molecule has 1 aliphatic rings. The minimum Gasteiger partial charge on any atom is -0.457 e. The van der Waals surface area contributed by atoms with Gasteiger partial charge in [0.2, 0.25) is 0 Å². The largest absolute Gasteiger partial charge is 0.457 e. The molecule has 1 nitrogen and oxygen atoms in total. The van der Waals surface area contributed by atoms with E-state index in [1.165, 1.54) is 77.9 Å². The summed E-state index contributed by atoms with van der Waals surface area (Å²) in [4.78, 5) is 0. The molecule has 1 aromatic heterocycles. The fourth-order valence-electron chi connectivity index (χ4n) is 8.45. The van der Waals surface area contributed by atoms with E-state index >= 15 is 0 Å². The first-order chi connectivity index (χ1) is 31.7. The van der Waals surface area contributed by atoms with E-state index in [0.717, 1.165) is 34.4 Å². The molecule has 0 saturated heterocycles. The van der Waals surface area contributed by atoms with Gasteiger partial charge in [0.25, 0.3) is 0 Å². The second-order valence-electron chi connectivity index (χ2n) is 17.7. The lowest BCUT2D eigenvalue weighted by Gasteiger charge is -2.23. The third-order valence-electron chi connectivity index (χ3n) is 12.0. The van der Waals surface area contributed by atoms with Crippen LogP contribution in [0.4, 0.5) is 0 Å². The standard InChI is InChI=1S/C21H22.C14H14O.C13H12.C10H18.C7H8/c1-7-15-14(4)12-19-20(16(15)8-2)17-10-9-13(3)11-18(17)21(19,5)6;1-4-11(5-2)14-10(3)15-13-9-7-6-8-12(13)14;1-11-6-5-9-13(10-11)12-7-3-2-4-8-12;1-5-7-10(8-6-2)9(3)4;1-7-5-3-2-4-6-7/h7-12H,1-2H2,3-6H3;4,6-9H,1,3,5H2,2H3;2-10H,1H3;5,7-9H,6H2,1-4H3;2-6H,1H3/b;14-11-;;7-5-,10-8+;. The van der Waals surface area contributed by atoms with E-state index in [2.05, 4.69) is 212 Å². The maximum atomic E-state index is 5.60. The summed E-state index contributed by atoms with van der Waals surface area (Å²) in [5.74, 6) is 0.663. The number of benzene rings is 6. The molecule has 0 fully saturated rings. The zero-order valence-corrected chi connectivity index (χ0v) is 41.9. The second kappa shape index (κ2) is 25.1. The summed E-state index contributed by atoms with van der Waals surface area (Å²) in [6, 6.07) is 46.4. The molecular weight excluding hydrogens is 797 g/mol. The Bertz CT molecular complexity index is 2870. The Balaban J connectivity index is 0.000000189. The Morgan fingerprint density at radius 2 is 1.24 bits per heavy atom. The van der Waals surface area contributed by atoms with Crippen LogP contribution in [-0.2, 0) is 5.41 Å². The number of rotatable bonds is 8. The van der Waals surface area contributed by atoms with Gasteiger partial charge in [-0.3, -0.25) is 0 Å². The highest BCUT2D eigenvalue weighted by atomic mass is 16.3. The third kappa shape index (κ3) is 13.2. The van der Waals surface area contributed by atoms with Crippen LogP contribution in [0.5, 0.6) is 0 Å². The molecule has 0 atom stereocenters. The lowest BCUT2D eigenvalue weighted by Crippen LogP contribution is -2.20. The first kappa shape index (κ1) is 51.9. The van der Waals surface area contributed by atoms with Crippen LogP contribution >= 0.6 is 0 Å². The molecule has 6 aromatic carbocycles. The predicted molar refractivity (Wildman–Crippen MR) is 294 cm³/mol. The van der Waals surface area contributed by atoms with Crippen LogP contribution in [0.15, 0.2) is 187 Å². The lowest BCUT2D eigenvalue weighted by atomic mass is 9.80. The van der Waals surface area contributed by atoms with E-state index in [-0.39, 0.29) is 5.41 Å². The van der Waals surface area contributed by atoms with Crippen LogP contribution in [0.25, 0.3) is 57.5 Å². The molecular formula is C65H74O. The molecule has 8 rings (SSSR count). The van der Waals surface area contributed by atoms with Crippen molar-refractivity contribution in [2.45, 2.75) is 94.4 Å². The fraction of sp³-hybridized carbons (Fsp3) is 0.231. The Morgan fingerprint density at radius 1 is 0.652 bits per heavy atom. The van der Waals surface area contributed by atoms with E-state index < -0.39 is 0 Å². The van der Waals surface area contributed by atoms with Gasteiger partial charge in [0.05, 0.1) is 0 Å². The van der Waals surface area contributed by atoms with E-state index in [0.29, 0.717) is 5.92 Å². The number of hydrogen-bond acceptors (Lipinski definition) is 1. The summed E-state index contributed by atoms with van der Waals surface area (Å²) in [6.45, 7) is 39.7. The zero-order valence-electron chi connectivity index (χ0n) is 41.9. The summed E-state index contributed by atoms with van der Waals surface area (Å²) in [5.41, 5.74) is 20.0. The second-order valence-corrected chi connectivity index (χ2v) is 17.7. The van der Waals surface area contributed by atoms with Crippen LogP contribution in [0.2, 0.25) is 0 Å². The van der Waals surface area contributed by atoms with Crippen molar-refractivity contribution in [2.75, 3.05) is 0 Å². The van der Waals surface area contributed by atoms with Gasteiger partial charge in [-0.2, -0.15) is 0 Å². The Labute approximate surface area is 398 Å². The van der Waals surface area contributed by atoms with Crippen molar-refractivity contribution >= 4 is 35.3 Å². The van der Waals surface area contributed by atoms with Gasteiger partial charge in [0, 0.05) is 16.0 Å². The molecule has 1 heterocycles. The van der Waals surface area contributed by atoms with Crippen molar-refractivity contribution in [2.24, 2.45) is 5.92 Å². The van der Waals surface area contributed by atoms with Crippen molar-refractivity contribution in [1.82, 2.24) is 0 Å². The van der Waals surface area contributed by atoms with Crippen LogP contribution in [0.3, 0.4) is 0 Å². The first-order valence-electron chi connectivity index (χ1n) is 23.5. The van der Waals surface area contributed by atoms with Gasteiger partial charge >= 0.3 is 0 Å². The summed E-state index contributed by atoms with van der Waals surface area (Å²) < 4.78 is 5.60. The topological polar surface area (TPSA) is 13.1 Å². The SMILES string of the molecule is C/C=C\C(=C/CC)C(C)C.C=C/C(CC)=c1\c(=C)oc2ccccc12.C=Cc1c(C)cc2c(c1C=C)-c1ccc(C)cc1C2(C)C.Cc1cccc(-c2ccccc2)c1.Cc1ccccc1. The van der Waals surface area contributed by atoms with E-state index in [1.807, 2.05) is 60.7 Å². The quantitative estimate of drug-likeness (QED) is 0.139. The third-order valence-corrected chi connectivity index (χ3v) is 12.0. The summed E-state index contributed by atoms with van der Waals surface area (Å²) >= 11 is 0. The number of para-hydroxylation sites is 1. The molecule has 0 bridgehead atoms. The molecule has 0 aliphatic heterocycles. The predicted octanol–water partition coefficient (Wildman–Crippen LogP) is 17.7. The maximum Gasteiger partial charge on any atom is 0.135 e. The van der Waals surface area contributed by atoms with Gasteiger partial charge < -0.3 is 4.42 Å². The first-order valence-corrected chi connectivity index (χ1v) is 23.5. The average Bonchev–Trinajstić information content (AvgIpc) is 3.76. The Hall–Kier alpha value is -6.70. The Morgan fingerprint density at radius 3 is 1.79 bits per heavy atom. The summed E-state index contributed by atoms with van der Waals surface area (Å²) in [5, 5.41) is 2.22. The zero-order chi connectivity index (χ0) is 48.4. The number of allylic oxidation sites excluding steroid dienone is 5. The van der Waals surface area contributed by atoms with Crippen LogP contribution < -0.4 is 10.6 Å². The molecule has 1 aliphatic carbocycles. The van der Waals surface area contributed by atoms with Crippen LogP contribution in [-0.4, -0.2) is 0 Å². The number of hydrogen-bond donors (Lipinski definition) is 0. The van der Waals surface area contributed by atoms with Gasteiger partial charge in [0.1, 0.15) is 11.0 Å². The minimum absolute atomic E-state index is 0.0406. The number of aryl methyl sites for hydroxylation is 4. The number of fused-ring (bicyclic) bond motifs is 4. The minimum atomic E-state index is 0.0406. The van der Waals surface area contributed by atoms with Crippen molar-refractivity contribution in [3.05, 3.63) is 238 Å². The fourth-order valence-corrected chi connectivity index (χ4v) is 8.45. The molecule has 0 radical (unpaired) electrons. The maximum absolute atomic E-state index is 5.60. The van der Waals surface area contributed by atoms with Crippen molar-refractivity contribution in [1.29, 1.82) is 0 Å². The van der Waals surface area contributed by atoms with Gasteiger partial charge in [-0.15, -0.1) is 0 Å². The van der Waals surface area contributed by atoms with E-state index in [4.69, 9.17) is 4.42 Å². The highest BCUT2D eigenvalue weighted by molar-refractivity contribution is 5.91. The molecule has 7 aromatic rings. The molecule has 0 unspecified atom stereocenters. The van der Waals surface area contributed by atoms with Crippen molar-refractivity contribution in [3.63, 3.8) is 0 Å². The molecule has 0 spiro atoms. The lowest BCUT2D eigenvalue weighted by molar-refractivity contribution is 0.577. The molecule has 1 heteroatoms. The molecule has 66 heavy (non-hydrogen) atoms. The van der Waals surface area contributed by atoms with Crippen LogP contribution in [0.1, 0.15) is 106 Å². The molecule has 0 saturated carbocycles. The molecule has 340 valence electrons. The van der Waals surface area contributed by atoms with Gasteiger partial charge in [-0.05, 0) is 121 Å². The monoisotopic (exact) mass is 871 g/mol. The summed E-state index contributed by atoms with van der Waals surface area (Å²) in [7, 11) is 0. The summed E-state index contributed by atoms with van der Waals surface area (Å²) in [6.07, 6.45) is 14.5. The Kier molecular flexibility index (Phi) is 19.8. The van der Waals surface area contributed by atoms with Gasteiger partial charge in [-0.1, -0.05) is 248 Å². The van der Waals surface area contributed by atoms with E-state index in [1.54, 1.807) is 0 Å². The van der Waals surface area contributed by atoms with Gasteiger partial charge in [-0.25, -0.2) is 0 Å². The van der Waals surface area contributed by atoms with E-state index in [9.17, 15) is 0 Å². The smallest absolute Gasteiger partial charge is 0.135 e. The average molecular weight is 871 g/mol. The molecule has 0 N–H and O–H groups in total. The van der Waals surface area contributed by atoms with Crippen LogP contribution in [0, 0.1) is 33.6 Å². The highest BCUT2D eigenvalue weighted by Crippen LogP contribution is 2.51. The number of furan rings is 1. The van der Waals surface area contributed by atoms with Crippen molar-refractivity contribution in [3.8, 4) is 22.3 Å².